The van der Waals surface area contributed by atoms with Crippen LogP contribution in [0.3, 0.4) is 0 Å². The van der Waals surface area contributed by atoms with Gasteiger partial charge in [-0.05, 0) is 55.3 Å². The molecular formula is C20H23F3N4O2. The Hall–Kier alpha value is -3.23. The molecule has 0 saturated heterocycles. The molecule has 0 aliphatic carbocycles. The monoisotopic (exact) mass is 408 g/mol. The van der Waals surface area contributed by atoms with Crippen LogP contribution in [-0.2, 0) is 6.54 Å². The molecule has 2 aromatic carbocycles. The van der Waals surface area contributed by atoms with Gasteiger partial charge in [0, 0.05) is 17.3 Å². The number of hydrogen-bond acceptors (Lipinski definition) is 3. The summed E-state index contributed by atoms with van der Waals surface area (Å²) < 4.78 is 40.3. The molecule has 0 aliphatic rings. The van der Waals surface area contributed by atoms with E-state index in [-0.39, 0.29) is 30.2 Å². The number of rotatable bonds is 7. The number of alkyl halides is 3. The molecule has 0 bridgehead atoms. The summed E-state index contributed by atoms with van der Waals surface area (Å²) in [6.45, 7) is 4.15. The molecule has 0 aliphatic heterocycles. The maximum absolute atomic E-state index is 12.2. The van der Waals surface area contributed by atoms with Crippen LogP contribution in [0.5, 0.6) is 5.75 Å². The third-order valence-electron chi connectivity index (χ3n) is 3.97. The lowest BCUT2D eigenvalue weighted by atomic mass is 10.1. The molecule has 0 spiro atoms. The van der Waals surface area contributed by atoms with E-state index in [1.54, 1.807) is 18.2 Å². The van der Waals surface area contributed by atoms with Crippen molar-refractivity contribution in [3.63, 3.8) is 0 Å². The first kappa shape index (κ1) is 22.1. The van der Waals surface area contributed by atoms with Gasteiger partial charge >= 0.3 is 6.36 Å². The number of amides is 1. The third kappa shape index (κ3) is 7.73. The lowest BCUT2D eigenvalue weighted by Gasteiger charge is -2.12. The van der Waals surface area contributed by atoms with Gasteiger partial charge in [-0.15, -0.1) is 13.2 Å². The van der Waals surface area contributed by atoms with E-state index in [0.717, 1.165) is 12.0 Å². The van der Waals surface area contributed by atoms with Gasteiger partial charge < -0.3 is 21.1 Å². The average Bonchev–Trinajstić information content (AvgIpc) is 2.67. The molecule has 1 unspecified atom stereocenters. The summed E-state index contributed by atoms with van der Waals surface area (Å²) in [4.78, 5) is 16.4. The summed E-state index contributed by atoms with van der Waals surface area (Å²) >= 11 is 0. The predicted octanol–water partition coefficient (Wildman–Crippen LogP) is 4.04. The van der Waals surface area contributed by atoms with Gasteiger partial charge in [-0.2, -0.15) is 0 Å². The number of halogens is 3. The number of carbonyl (C=O) groups is 1. The zero-order chi connectivity index (χ0) is 21.4. The minimum atomic E-state index is -4.74. The molecule has 0 fully saturated rings. The smallest absolute Gasteiger partial charge is 0.406 e. The highest BCUT2D eigenvalue weighted by Gasteiger charge is 2.30. The number of aliphatic imine (C=N–C) groups is 1. The average molecular weight is 408 g/mol. The largest absolute Gasteiger partial charge is 0.573 e. The molecule has 29 heavy (non-hydrogen) atoms. The maximum atomic E-state index is 12.2. The van der Waals surface area contributed by atoms with E-state index >= 15 is 0 Å². The number of carbonyl (C=O) groups excluding carboxylic acids is 1. The van der Waals surface area contributed by atoms with Crippen molar-refractivity contribution in [1.29, 1.82) is 0 Å². The van der Waals surface area contributed by atoms with Gasteiger partial charge in [-0.1, -0.05) is 19.1 Å². The standard InChI is InChI=1S/C20H23F3N4O2/c1-3-13(2)26-18(28)15-6-4-5-14(11-15)12-25-19(24)27-16-7-9-17(10-8-16)29-20(21,22)23/h4-11,13H,3,12H2,1-2H3,(H,26,28)(H3,24,25,27). The Morgan fingerprint density at radius 3 is 2.52 bits per heavy atom. The molecule has 156 valence electrons. The van der Waals surface area contributed by atoms with E-state index in [1.165, 1.54) is 24.3 Å². The molecule has 1 amide bonds. The SMILES string of the molecule is CCC(C)NC(=O)c1cccc(CN=C(N)Nc2ccc(OC(F)(F)F)cc2)c1. The van der Waals surface area contributed by atoms with Crippen molar-refractivity contribution in [1.82, 2.24) is 5.32 Å². The lowest BCUT2D eigenvalue weighted by Crippen LogP contribution is -2.31. The Bertz CT molecular complexity index is 852. The molecule has 2 aromatic rings. The van der Waals surface area contributed by atoms with Crippen LogP contribution < -0.4 is 21.1 Å². The number of anilines is 1. The quantitative estimate of drug-likeness (QED) is 0.477. The van der Waals surface area contributed by atoms with Crippen molar-refractivity contribution in [3.05, 3.63) is 59.7 Å². The zero-order valence-corrected chi connectivity index (χ0v) is 16.1. The van der Waals surface area contributed by atoms with Crippen LogP contribution in [0.15, 0.2) is 53.5 Å². The summed E-state index contributed by atoms with van der Waals surface area (Å²) in [5, 5.41) is 5.68. The fourth-order valence-corrected chi connectivity index (χ4v) is 2.32. The number of nitrogens with one attached hydrogen (secondary N) is 2. The minimum absolute atomic E-state index is 0.0805. The fourth-order valence-electron chi connectivity index (χ4n) is 2.32. The third-order valence-corrected chi connectivity index (χ3v) is 3.97. The number of nitrogens with zero attached hydrogens (tertiary/aromatic N) is 1. The van der Waals surface area contributed by atoms with Gasteiger partial charge in [0.05, 0.1) is 6.54 Å². The molecule has 6 nitrogen and oxygen atoms in total. The molecule has 2 rings (SSSR count). The van der Waals surface area contributed by atoms with Crippen molar-refractivity contribution >= 4 is 17.6 Å². The van der Waals surface area contributed by atoms with Crippen LogP contribution in [0.4, 0.5) is 18.9 Å². The van der Waals surface area contributed by atoms with Gasteiger partial charge in [0.2, 0.25) is 0 Å². The number of guanidine groups is 1. The van der Waals surface area contributed by atoms with Gasteiger partial charge in [-0.25, -0.2) is 4.99 Å². The van der Waals surface area contributed by atoms with Crippen molar-refractivity contribution in [2.45, 2.75) is 39.2 Å². The van der Waals surface area contributed by atoms with Crippen LogP contribution in [0.25, 0.3) is 0 Å². The van der Waals surface area contributed by atoms with E-state index < -0.39 is 6.36 Å². The second kappa shape index (κ2) is 9.81. The van der Waals surface area contributed by atoms with Crippen LogP contribution >= 0.6 is 0 Å². The summed E-state index contributed by atoms with van der Waals surface area (Å²) in [5.74, 6) is -0.396. The highest BCUT2D eigenvalue weighted by Crippen LogP contribution is 2.23. The van der Waals surface area contributed by atoms with Crippen LogP contribution in [-0.4, -0.2) is 24.3 Å². The van der Waals surface area contributed by atoms with Crippen molar-refractivity contribution in [2.75, 3.05) is 5.32 Å². The molecule has 4 N–H and O–H groups in total. The second-order valence-electron chi connectivity index (χ2n) is 6.38. The van der Waals surface area contributed by atoms with E-state index in [2.05, 4.69) is 20.4 Å². The molecular weight excluding hydrogens is 385 g/mol. The summed E-state index contributed by atoms with van der Waals surface area (Å²) in [6, 6.07) is 12.2. The molecule has 0 saturated carbocycles. The van der Waals surface area contributed by atoms with Crippen molar-refractivity contribution in [3.8, 4) is 5.75 Å². The molecule has 1 atom stereocenters. The van der Waals surface area contributed by atoms with E-state index in [4.69, 9.17) is 5.73 Å². The van der Waals surface area contributed by atoms with Crippen LogP contribution in [0, 0.1) is 0 Å². The number of benzene rings is 2. The predicted molar refractivity (Wildman–Crippen MR) is 106 cm³/mol. The van der Waals surface area contributed by atoms with Crippen molar-refractivity contribution in [2.24, 2.45) is 10.7 Å². The van der Waals surface area contributed by atoms with Gasteiger partial charge in [0.1, 0.15) is 5.75 Å². The Morgan fingerprint density at radius 2 is 1.90 bits per heavy atom. The first-order valence-electron chi connectivity index (χ1n) is 8.99. The normalized spacial score (nSPS) is 12.9. The van der Waals surface area contributed by atoms with Crippen LogP contribution in [0.1, 0.15) is 36.2 Å². The molecule has 9 heteroatoms. The molecule has 0 radical (unpaired) electrons. The van der Waals surface area contributed by atoms with E-state index in [9.17, 15) is 18.0 Å². The van der Waals surface area contributed by atoms with E-state index in [0.29, 0.717) is 11.3 Å². The lowest BCUT2D eigenvalue weighted by molar-refractivity contribution is -0.274. The van der Waals surface area contributed by atoms with Gasteiger partial charge in [0.25, 0.3) is 5.91 Å². The first-order valence-corrected chi connectivity index (χ1v) is 8.99. The summed E-state index contributed by atoms with van der Waals surface area (Å²) in [6.07, 6.45) is -3.91. The number of hydrogen-bond donors (Lipinski definition) is 3. The Labute approximate surface area is 167 Å². The van der Waals surface area contributed by atoms with Gasteiger partial charge in [-0.3, -0.25) is 4.79 Å². The maximum Gasteiger partial charge on any atom is 0.573 e. The second-order valence-corrected chi connectivity index (χ2v) is 6.38. The Balaban J connectivity index is 1.96. The zero-order valence-electron chi connectivity index (χ0n) is 16.1. The topological polar surface area (TPSA) is 88.7 Å². The number of ether oxygens (including phenoxy) is 1. The highest BCUT2D eigenvalue weighted by atomic mass is 19.4. The Kier molecular flexibility index (Phi) is 7.46. The first-order chi connectivity index (χ1) is 13.7. The van der Waals surface area contributed by atoms with Gasteiger partial charge in [0.15, 0.2) is 5.96 Å². The number of nitrogens with two attached hydrogens (primary N) is 1. The summed E-state index contributed by atoms with van der Waals surface area (Å²) in [5.41, 5.74) is 7.61. The summed E-state index contributed by atoms with van der Waals surface area (Å²) in [7, 11) is 0. The van der Waals surface area contributed by atoms with E-state index in [1.807, 2.05) is 19.9 Å². The molecule has 0 aromatic heterocycles. The minimum Gasteiger partial charge on any atom is -0.406 e. The fraction of sp³-hybridized carbons (Fsp3) is 0.300. The van der Waals surface area contributed by atoms with Crippen LogP contribution in [0.2, 0.25) is 0 Å². The Morgan fingerprint density at radius 1 is 1.21 bits per heavy atom. The molecule has 0 heterocycles. The highest BCUT2D eigenvalue weighted by molar-refractivity contribution is 5.94. The van der Waals surface area contributed by atoms with Crippen molar-refractivity contribution < 1.29 is 22.7 Å².